The molecule has 0 aromatic rings. The molecule has 2 heterocycles. The fraction of sp³-hybridized carbons (Fsp3) is 0.929. The number of likely N-dealkylation sites (tertiary alicyclic amines) is 2. The number of aliphatic hydroxyl groups is 1. The highest BCUT2D eigenvalue weighted by atomic mass is 16.3. The Morgan fingerprint density at radius 2 is 1.94 bits per heavy atom. The van der Waals surface area contributed by atoms with E-state index in [1.54, 1.807) is 0 Å². The first-order chi connectivity index (χ1) is 8.69. The van der Waals surface area contributed by atoms with Gasteiger partial charge in [0.2, 0.25) is 5.91 Å². The molecule has 0 bridgehead atoms. The van der Waals surface area contributed by atoms with Crippen molar-refractivity contribution in [1.82, 2.24) is 9.80 Å². The number of nitrogens with zero attached hydrogens (tertiary/aromatic N) is 2. The maximum absolute atomic E-state index is 12.2. The van der Waals surface area contributed by atoms with E-state index in [0.717, 1.165) is 57.8 Å². The van der Waals surface area contributed by atoms with Gasteiger partial charge >= 0.3 is 0 Å². The SMILES string of the molecule is CC1CCN(C(=O)CN2CCCC(CO)C2)CC1. The maximum atomic E-state index is 12.2. The van der Waals surface area contributed by atoms with Crippen molar-refractivity contribution in [2.75, 3.05) is 39.3 Å². The van der Waals surface area contributed by atoms with E-state index in [1.165, 1.54) is 0 Å². The molecule has 2 fully saturated rings. The van der Waals surface area contributed by atoms with Crippen molar-refractivity contribution >= 4 is 5.91 Å². The number of carbonyl (C=O) groups excluding carboxylic acids is 1. The minimum atomic E-state index is 0.256. The van der Waals surface area contributed by atoms with Gasteiger partial charge in [-0.15, -0.1) is 0 Å². The topological polar surface area (TPSA) is 43.8 Å². The normalized spacial score (nSPS) is 27.4. The molecule has 2 aliphatic rings. The fourth-order valence-electron chi connectivity index (χ4n) is 2.99. The minimum Gasteiger partial charge on any atom is -0.396 e. The molecule has 4 heteroatoms. The quantitative estimate of drug-likeness (QED) is 0.815. The van der Waals surface area contributed by atoms with Crippen LogP contribution in [0.4, 0.5) is 0 Å². The van der Waals surface area contributed by atoms with Crippen LogP contribution < -0.4 is 0 Å². The van der Waals surface area contributed by atoms with Gasteiger partial charge in [0.1, 0.15) is 0 Å². The van der Waals surface area contributed by atoms with Crippen molar-refractivity contribution in [1.29, 1.82) is 0 Å². The van der Waals surface area contributed by atoms with E-state index in [4.69, 9.17) is 0 Å². The third-order valence-corrected chi connectivity index (χ3v) is 4.36. The number of hydrogen-bond donors (Lipinski definition) is 1. The van der Waals surface area contributed by atoms with Gasteiger partial charge in [-0.05, 0) is 44.1 Å². The van der Waals surface area contributed by atoms with Gasteiger partial charge in [-0.25, -0.2) is 0 Å². The van der Waals surface area contributed by atoms with E-state index in [1.807, 2.05) is 4.90 Å². The first-order valence-electron chi connectivity index (χ1n) is 7.30. The Labute approximate surface area is 110 Å². The molecule has 4 nitrogen and oxygen atoms in total. The van der Waals surface area contributed by atoms with Crippen LogP contribution in [0, 0.1) is 11.8 Å². The summed E-state index contributed by atoms with van der Waals surface area (Å²) in [7, 11) is 0. The first kappa shape index (κ1) is 13.8. The molecule has 2 aliphatic heterocycles. The summed E-state index contributed by atoms with van der Waals surface area (Å²) in [6, 6.07) is 0. The Bertz CT molecular complexity index is 275. The highest BCUT2D eigenvalue weighted by molar-refractivity contribution is 5.78. The largest absolute Gasteiger partial charge is 0.396 e. The number of aliphatic hydroxyl groups excluding tert-OH is 1. The van der Waals surface area contributed by atoms with Crippen LogP contribution in [0.25, 0.3) is 0 Å². The molecule has 18 heavy (non-hydrogen) atoms. The van der Waals surface area contributed by atoms with Crippen LogP contribution in [0.2, 0.25) is 0 Å². The lowest BCUT2D eigenvalue weighted by Gasteiger charge is -2.35. The number of rotatable bonds is 3. The zero-order valence-corrected chi connectivity index (χ0v) is 11.5. The lowest BCUT2D eigenvalue weighted by molar-refractivity contribution is -0.134. The summed E-state index contributed by atoms with van der Waals surface area (Å²) in [5, 5.41) is 9.20. The molecule has 0 spiro atoms. The average molecular weight is 254 g/mol. The van der Waals surface area contributed by atoms with Crippen molar-refractivity contribution in [3.05, 3.63) is 0 Å². The van der Waals surface area contributed by atoms with E-state index in [0.29, 0.717) is 12.5 Å². The van der Waals surface area contributed by atoms with Crippen LogP contribution in [-0.4, -0.2) is 60.1 Å². The van der Waals surface area contributed by atoms with Crippen LogP contribution in [0.5, 0.6) is 0 Å². The van der Waals surface area contributed by atoms with E-state index in [2.05, 4.69) is 11.8 Å². The molecule has 1 amide bonds. The molecule has 0 radical (unpaired) electrons. The Hall–Kier alpha value is -0.610. The standard InChI is InChI=1S/C14H26N2O2/c1-12-4-7-16(8-5-12)14(18)10-15-6-2-3-13(9-15)11-17/h12-13,17H,2-11H2,1H3. The van der Waals surface area contributed by atoms with Crippen LogP contribution in [0.1, 0.15) is 32.6 Å². The second kappa shape index (κ2) is 6.53. The van der Waals surface area contributed by atoms with E-state index in [-0.39, 0.29) is 12.5 Å². The van der Waals surface area contributed by atoms with E-state index < -0.39 is 0 Å². The fourth-order valence-corrected chi connectivity index (χ4v) is 2.99. The number of carbonyl (C=O) groups is 1. The average Bonchev–Trinajstić information content (AvgIpc) is 2.39. The Morgan fingerprint density at radius 1 is 1.22 bits per heavy atom. The summed E-state index contributed by atoms with van der Waals surface area (Å²) in [4.78, 5) is 16.4. The highest BCUT2D eigenvalue weighted by Crippen LogP contribution is 2.18. The highest BCUT2D eigenvalue weighted by Gasteiger charge is 2.25. The molecule has 0 saturated carbocycles. The van der Waals surface area contributed by atoms with Crippen LogP contribution >= 0.6 is 0 Å². The van der Waals surface area contributed by atoms with Crippen molar-refractivity contribution in [3.8, 4) is 0 Å². The van der Waals surface area contributed by atoms with Gasteiger partial charge in [0, 0.05) is 26.2 Å². The van der Waals surface area contributed by atoms with Gasteiger partial charge in [-0.2, -0.15) is 0 Å². The molecule has 0 aliphatic carbocycles. The van der Waals surface area contributed by atoms with Crippen molar-refractivity contribution < 1.29 is 9.90 Å². The van der Waals surface area contributed by atoms with Crippen molar-refractivity contribution in [2.24, 2.45) is 11.8 Å². The molecule has 0 aromatic carbocycles. The van der Waals surface area contributed by atoms with Crippen molar-refractivity contribution in [2.45, 2.75) is 32.6 Å². The third-order valence-electron chi connectivity index (χ3n) is 4.36. The molecule has 1 N–H and O–H groups in total. The van der Waals surface area contributed by atoms with Gasteiger partial charge in [0.25, 0.3) is 0 Å². The van der Waals surface area contributed by atoms with Gasteiger partial charge in [-0.3, -0.25) is 9.69 Å². The zero-order valence-electron chi connectivity index (χ0n) is 11.5. The number of piperidine rings is 2. The van der Waals surface area contributed by atoms with Crippen LogP contribution in [0.3, 0.4) is 0 Å². The predicted molar refractivity (Wildman–Crippen MR) is 71.2 cm³/mol. The van der Waals surface area contributed by atoms with Gasteiger partial charge in [0.15, 0.2) is 0 Å². The molecule has 2 saturated heterocycles. The summed E-state index contributed by atoms with van der Waals surface area (Å²) in [6.45, 7) is 6.81. The Kier molecular flexibility index (Phi) is 5.01. The predicted octanol–water partition coefficient (Wildman–Crippen LogP) is 0.949. The molecule has 104 valence electrons. The zero-order chi connectivity index (χ0) is 13.0. The Morgan fingerprint density at radius 3 is 2.61 bits per heavy atom. The lowest BCUT2D eigenvalue weighted by atomic mass is 9.98. The summed E-state index contributed by atoms with van der Waals surface area (Å²) in [6.07, 6.45) is 4.49. The van der Waals surface area contributed by atoms with Gasteiger partial charge in [-0.1, -0.05) is 6.92 Å². The first-order valence-corrected chi connectivity index (χ1v) is 7.30. The molecular formula is C14H26N2O2. The van der Waals surface area contributed by atoms with E-state index >= 15 is 0 Å². The molecule has 0 aromatic heterocycles. The number of hydrogen-bond acceptors (Lipinski definition) is 3. The second-order valence-corrected chi connectivity index (χ2v) is 5.99. The number of amides is 1. The molecule has 1 atom stereocenters. The monoisotopic (exact) mass is 254 g/mol. The minimum absolute atomic E-state index is 0.256. The van der Waals surface area contributed by atoms with Crippen LogP contribution in [-0.2, 0) is 4.79 Å². The summed E-state index contributed by atoms with van der Waals surface area (Å²) in [5.41, 5.74) is 0. The smallest absolute Gasteiger partial charge is 0.236 e. The van der Waals surface area contributed by atoms with Gasteiger partial charge < -0.3 is 10.0 Å². The maximum Gasteiger partial charge on any atom is 0.236 e. The molecule has 2 rings (SSSR count). The van der Waals surface area contributed by atoms with Crippen LogP contribution in [0.15, 0.2) is 0 Å². The van der Waals surface area contributed by atoms with Crippen molar-refractivity contribution in [3.63, 3.8) is 0 Å². The Balaban J connectivity index is 1.76. The summed E-state index contributed by atoms with van der Waals surface area (Å²) >= 11 is 0. The third kappa shape index (κ3) is 3.69. The molecule has 1 unspecified atom stereocenters. The summed E-state index contributed by atoms with van der Waals surface area (Å²) < 4.78 is 0. The van der Waals surface area contributed by atoms with E-state index in [9.17, 15) is 9.90 Å². The molecular weight excluding hydrogens is 228 g/mol. The lowest BCUT2D eigenvalue weighted by Crippen LogP contribution is -2.46. The van der Waals surface area contributed by atoms with Gasteiger partial charge in [0.05, 0.1) is 6.54 Å². The summed E-state index contributed by atoms with van der Waals surface area (Å²) in [5.74, 6) is 1.41. The second-order valence-electron chi connectivity index (χ2n) is 5.99.